The SMILES string of the molecule is Cc1ccc(C2SCC(=O)N2c2nc(N3CCN(C)CC3)n[nH]2)cc1. The van der Waals surface area contributed by atoms with Gasteiger partial charge < -0.3 is 9.80 Å². The molecule has 2 aromatic rings. The third-order valence-corrected chi connectivity index (χ3v) is 5.92. The average molecular weight is 358 g/mol. The van der Waals surface area contributed by atoms with Gasteiger partial charge in [0.15, 0.2) is 0 Å². The van der Waals surface area contributed by atoms with Crippen LogP contribution in [0.4, 0.5) is 11.9 Å². The van der Waals surface area contributed by atoms with Crippen LogP contribution < -0.4 is 9.80 Å². The molecule has 25 heavy (non-hydrogen) atoms. The minimum atomic E-state index is -0.0543. The third-order valence-electron chi connectivity index (χ3n) is 4.71. The van der Waals surface area contributed by atoms with Crippen LogP contribution in [0.5, 0.6) is 0 Å². The Morgan fingerprint density at radius 2 is 1.88 bits per heavy atom. The quantitative estimate of drug-likeness (QED) is 0.900. The average Bonchev–Trinajstić information content (AvgIpc) is 3.23. The molecule has 2 saturated heterocycles. The minimum Gasteiger partial charge on any atom is -0.337 e. The molecule has 8 heteroatoms. The number of hydrogen-bond acceptors (Lipinski definition) is 6. The molecule has 2 aliphatic heterocycles. The Balaban J connectivity index is 1.57. The number of aryl methyl sites for hydroxylation is 1. The first-order chi connectivity index (χ1) is 12.1. The highest BCUT2D eigenvalue weighted by molar-refractivity contribution is 8.00. The fraction of sp³-hybridized carbons (Fsp3) is 0.471. The molecule has 0 spiro atoms. The lowest BCUT2D eigenvalue weighted by atomic mass is 10.1. The van der Waals surface area contributed by atoms with Crippen molar-refractivity contribution in [1.82, 2.24) is 20.1 Å². The van der Waals surface area contributed by atoms with Gasteiger partial charge in [0.05, 0.1) is 5.75 Å². The summed E-state index contributed by atoms with van der Waals surface area (Å²) in [6.45, 7) is 5.85. The number of hydrogen-bond donors (Lipinski definition) is 1. The van der Waals surface area contributed by atoms with Gasteiger partial charge in [0, 0.05) is 26.2 Å². The van der Waals surface area contributed by atoms with Crippen molar-refractivity contribution in [3.05, 3.63) is 35.4 Å². The fourth-order valence-electron chi connectivity index (χ4n) is 3.13. The molecule has 1 N–H and O–H groups in total. The summed E-state index contributed by atoms with van der Waals surface area (Å²) in [5.41, 5.74) is 2.32. The van der Waals surface area contributed by atoms with Gasteiger partial charge in [0.1, 0.15) is 5.37 Å². The number of benzene rings is 1. The van der Waals surface area contributed by atoms with E-state index >= 15 is 0 Å². The summed E-state index contributed by atoms with van der Waals surface area (Å²) < 4.78 is 0. The zero-order valence-corrected chi connectivity index (χ0v) is 15.3. The van der Waals surface area contributed by atoms with Crippen LogP contribution in [-0.4, -0.2) is 65.0 Å². The fourth-order valence-corrected chi connectivity index (χ4v) is 4.29. The molecule has 0 radical (unpaired) electrons. The molecule has 4 rings (SSSR count). The highest BCUT2D eigenvalue weighted by Gasteiger charge is 2.36. The number of aromatic nitrogens is 3. The van der Waals surface area contributed by atoms with E-state index in [-0.39, 0.29) is 11.3 Å². The number of H-pyrrole nitrogens is 1. The lowest BCUT2D eigenvalue weighted by Gasteiger charge is -2.31. The van der Waals surface area contributed by atoms with Gasteiger partial charge in [-0.1, -0.05) is 29.8 Å². The Morgan fingerprint density at radius 1 is 1.16 bits per heavy atom. The van der Waals surface area contributed by atoms with Gasteiger partial charge in [-0.2, -0.15) is 4.98 Å². The van der Waals surface area contributed by atoms with Gasteiger partial charge in [0.25, 0.3) is 0 Å². The van der Waals surface area contributed by atoms with E-state index in [9.17, 15) is 4.79 Å². The molecule has 0 aliphatic carbocycles. The summed E-state index contributed by atoms with van der Waals surface area (Å²) in [4.78, 5) is 23.3. The third kappa shape index (κ3) is 3.23. The maximum absolute atomic E-state index is 12.5. The number of piperazine rings is 1. The largest absolute Gasteiger partial charge is 0.337 e. The van der Waals surface area contributed by atoms with E-state index in [2.05, 4.69) is 63.2 Å². The van der Waals surface area contributed by atoms with Crippen molar-refractivity contribution in [3.63, 3.8) is 0 Å². The molecule has 0 bridgehead atoms. The maximum atomic E-state index is 12.5. The van der Waals surface area contributed by atoms with Gasteiger partial charge in [-0.15, -0.1) is 16.9 Å². The van der Waals surface area contributed by atoms with E-state index in [0.717, 1.165) is 31.7 Å². The first-order valence-corrected chi connectivity index (χ1v) is 9.53. The standard InChI is InChI=1S/C17H22N6OS/c1-12-3-5-13(6-4-12)15-23(14(24)11-25-15)17-18-16(19-20-17)22-9-7-21(2)8-10-22/h3-6,15H,7-11H2,1-2H3,(H,18,19,20). The van der Waals surface area contributed by atoms with E-state index in [1.165, 1.54) is 5.56 Å². The molecular formula is C17H22N6OS. The Morgan fingerprint density at radius 3 is 2.60 bits per heavy atom. The van der Waals surface area contributed by atoms with E-state index in [0.29, 0.717) is 17.6 Å². The van der Waals surface area contributed by atoms with Gasteiger partial charge in [-0.05, 0) is 19.5 Å². The van der Waals surface area contributed by atoms with Crippen molar-refractivity contribution in [2.45, 2.75) is 12.3 Å². The molecule has 7 nitrogen and oxygen atoms in total. The van der Waals surface area contributed by atoms with Crippen LogP contribution in [0.25, 0.3) is 0 Å². The van der Waals surface area contributed by atoms with Crippen molar-refractivity contribution in [2.75, 3.05) is 48.8 Å². The van der Waals surface area contributed by atoms with Gasteiger partial charge in [-0.25, -0.2) is 5.10 Å². The molecule has 132 valence electrons. The second kappa shape index (κ2) is 6.68. The van der Waals surface area contributed by atoms with Crippen molar-refractivity contribution < 1.29 is 4.79 Å². The van der Waals surface area contributed by atoms with Gasteiger partial charge >= 0.3 is 0 Å². The lowest BCUT2D eigenvalue weighted by Crippen LogP contribution is -2.45. The molecule has 2 aliphatic rings. The number of carbonyl (C=O) groups excluding carboxylic acids is 1. The Bertz CT molecular complexity index is 753. The first kappa shape index (κ1) is 16.4. The highest BCUT2D eigenvalue weighted by Crippen LogP contribution is 2.40. The molecular weight excluding hydrogens is 336 g/mol. The number of nitrogens with one attached hydrogen (secondary N) is 1. The van der Waals surface area contributed by atoms with Crippen molar-refractivity contribution in [3.8, 4) is 0 Å². The number of aromatic amines is 1. The van der Waals surface area contributed by atoms with E-state index in [1.54, 1.807) is 16.7 Å². The number of likely N-dealkylation sites (N-methyl/N-ethyl adjacent to an activating group) is 1. The van der Waals surface area contributed by atoms with Crippen LogP contribution in [-0.2, 0) is 4.79 Å². The Kier molecular flexibility index (Phi) is 4.39. The predicted octanol–water partition coefficient (Wildman–Crippen LogP) is 1.64. The topological polar surface area (TPSA) is 68.4 Å². The molecule has 1 aromatic heterocycles. The number of rotatable bonds is 3. The summed E-state index contributed by atoms with van der Waals surface area (Å²) in [7, 11) is 2.12. The molecule has 1 aromatic carbocycles. The molecule has 0 saturated carbocycles. The number of anilines is 2. The highest BCUT2D eigenvalue weighted by atomic mass is 32.2. The van der Waals surface area contributed by atoms with Crippen LogP contribution in [0, 0.1) is 6.92 Å². The smallest absolute Gasteiger partial charge is 0.246 e. The number of carbonyl (C=O) groups is 1. The Labute approximate surface area is 151 Å². The molecule has 1 unspecified atom stereocenters. The zero-order chi connectivity index (χ0) is 17.4. The van der Waals surface area contributed by atoms with E-state index < -0.39 is 0 Å². The number of nitrogens with zero attached hydrogens (tertiary/aromatic N) is 5. The van der Waals surface area contributed by atoms with Gasteiger partial charge in [0.2, 0.25) is 17.8 Å². The molecule has 1 atom stereocenters. The van der Waals surface area contributed by atoms with Crippen LogP contribution in [0.15, 0.2) is 24.3 Å². The van der Waals surface area contributed by atoms with E-state index in [1.807, 2.05) is 0 Å². The summed E-state index contributed by atoms with van der Waals surface area (Å²) in [6, 6.07) is 8.31. The molecule has 2 fully saturated rings. The van der Waals surface area contributed by atoms with Gasteiger partial charge in [-0.3, -0.25) is 9.69 Å². The van der Waals surface area contributed by atoms with Crippen LogP contribution in [0.2, 0.25) is 0 Å². The summed E-state index contributed by atoms with van der Waals surface area (Å²) in [6.07, 6.45) is 0. The summed E-state index contributed by atoms with van der Waals surface area (Å²) in [5, 5.41) is 7.27. The number of amides is 1. The second-order valence-corrected chi connectivity index (χ2v) is 7.66. The minimum absolute atomic E-state index is 0.0543. The van der Waals surface area contributed by atoms with Crippen molar-refractivity contribution >= 4 is 29.6 Å². The molecule has 3 heterocycles. The van der Waals surface area contributed by atoms with Crippen molar-refractivity contribution in [1.29, 1.82) is 0 Å². The van der Waals surface area contributed by atoms with Crippen LogP contribution in [0.1, 0.15) is 16.5 Å². The van der Waals surface area contributed by atoms with Crippen LogP contribution >= 0.6 is 11.8 Å². The lowest BCUT2D eigenvalue weighted by molar-refractivity contribution is -0.115. The van der Waals surface area contributed by atoms with Crippen molar-refractivity contribution in [2.24, 2.45) is 0 Å². The first-order valence-electron chi connectivity index (χ1n) is 8.48. The van der Waals surface area contributed by atoms with E-state index in [4.69, 9.17) is 0 Å². The maximum Gasteiger partial charge on any atom is 0.246 e. The summed E-state index contributed by atoms with van der Waals surface area (Å²) in [5.74, 6) is 1.74. The van der Waals surface area contributed by atoms with Crippen LogP contribution in [0.3, 0.4) is 0 Å². The monoisotopic (exact) mass is 358 g/mol. The second-order valence-electron chi connectivity index (χ2n) is 6.59. The predicted molar refractivity (Wildman–Crippen MR) is 100.0 cm³/mol. The normalized spacial score (nSPS) is 22.0. The Hall–Kier alpha value is -2.06. The molecule has 1 amide bonds. The zero-order valence-electron chi connectivity index (χ0n) is 14.5. The number of thioether (sulfide) groups is 1. The summed E-state index contributed by atoms with van der Waals surface area (Å²) >= 11 is 1.63.